The molecule has 0 bridgehead atoms. The molecule has 2 unspecified atom stereocenters. The average molecular weight is 545 g/mol. The Labute approximate surface area is 202 Å². The van der Waals surface area contributed by atoms with Gasteiger partial charge in [0.15, 0.2) is 0 Å². The monoisotopic (exact) mass is 545 g/mol. The summed E-state index contributed by atoms with van der Waals surface area (Å²) in [6.45, 7) is 15.2. The van der Waals surface area contributed by atoms with E-state index in [9.17, 15) is 9.59 Å². The van der Waals surface area contributed by atoms with Crippen molar-refractivity contribution in [3.05, 3.63) is 34.9 Å². The van der Waals surface area contributed by atoms with Gasteiger partial charge in [0.05, 0.1) is 0 Å². The summed E-state index contributed by atoms with van der Waals surface area (Å²) in [6, 6.07) is 6.55. The summed E-state index contributed by atoms with van der Waals surface area (Å²) in [5.74, 6) is 0.256. The predicted molar refractivity (Wildman–Crippen MR) is 130 cm³/mol. The van der Waals surface area contributed by atoms with Gasteiger partial charge in [0, 0.05) is 0 Å². The zero-order valence-electron chi connectivity index (χ0n) is 20.7. The molecule has 1 aromatic carbocycles. The molecule has 2 aliphatic heterocycles. The number of carbonyl (C=O) groups excluding carboxylic acids is 2. The van der Waals surface area contributed by atoms with Crippen LogP contribution >= 0.6 is 0 Å². The van der Waals surface area contributed by atoms with Crippen LogP contribution in [0, 0.1) is 13.8 Å². The third kappa shape index (κ3) is 6.89. The third-order valence-electron chi connectivity index (χ3n) is 6.60. The summed E-state index contributed by atoms with van der Waals surface area (Å²) in [5.41, 5.74) is 3.19. The van der Waals surface area contributed by atoms with Gasteiger partial charge < -0.3 is 0 Å². The van der Waals surface area contributed by atoms with Crippen molar-refractivity contribution < 1.29 is 14.3 Å². The van der Waals surface area contributed by atoms with E-state index in [2.05, 4.69) is 47.2 Å². The molecule has 0 spiro atoms. The van der Waals surface area contributed by atoms with Crippen LogP contribution in [0.1, 0.15) is 69.7 Å². The van der Waals surface area contributed by atoms with Crippen molar-refractivity contribution in [2.75, 3.05) is 26.2 Å². The number of rotatable bonds is 4. The number of ether oxygens (including phenoxy) is 1. The minimum atomic E-state index is -2.26. The van der Waals surface area contributed by atoms with Gasteiger partial charge in [-0.15, -0.1) is 0 Å². The first kappa shape index (κ1) is 25.4. The summed E-state index contributed by atoms with van der Waals surface area (Å²) in [7, 11) is 0. The van der Waals surface area contributed by atoms with Crippen molar-refractivity contribution in [1.82, 2.24) is 13.1 Å². The van der Waals surface area contributed by atoms with Crippen LogP contribution < -0.4 is 5.32 Å². The average Bonchev–Trinajstić information content (AvgIpc) is 2.72. The number of amides is 2. The van der Waals surface area contributed by atoms with Crippen molar-refractivity contribution >= 4 is 33.7 Å². The van der Waals surface area contributed by atoms with Gasteiger partial charge in [-0.3, -0.25) is 0 Å². The number of carbonyl (C=O) groups is 2. The number of nitrogens with zero attached hydrogens (tertiary/aromatic N) is 2. The van der Waals surface area contributed by atoms with Crippen LogP contribution in [0.25, 0.3) is 0 Å². The van der Waals surface area contributed by atoms with Crippen LogP contribution in [0.15, 0.2) is 18.2 Å². The summed E-state index contributed by atoms with van der Waals surface area (Å²) in [4.78, 5) is 27.6. The van der Waals surface area contributed by atoms with Gasteiger partial charge in [0.2, 0.25) is 0 Å². The quantitative estimate of drug-likeness (QED) is 0.602. The molecule has 0 aliphatic carbocycles. The number of hydrogen-bond acceptors (Lipinski definition) is 4. The summed E-state index contributed by atoms with van der Waals surface area (Å²) < 4.78 is 9.64. The van der Waals surface area contributed by atoms with Crippen molar-refractivity contribution in [3.8, 4) is 0 Å². The molecule has 32 heavy (non-hydrogen) atoms. The Balaban J connectivity index is 1.60. The van der Waals surface area contributed by atoms with Crippen LogP contribution in [0.5, 0.6) is 0 Å². The molecule has 0 saturated carbocycles. The molecule has 0 radical (unpaired) electrons. The van der Waals surface area contributed by atoms with Crippen LogP contribution in [-0.2, 0) is 9.53 Å². The summed E-state index contributed by atoms with van der Waals surface area (Å²) in [6.07, 6.45) is 3.22. The second-order valence-corrected chi connectivity index (χ2v) is 19.9. The molecule has 0 aromatic heterocycles. The number of benzene rings is 1. The minimum absolute atomic E-state index is 0.0268. The van der Waals surface area contributed by atoms with Crippen molar-refractivity contribution in [2.45, 2.75) is 80.3 Å². The van der Waals surface area contributed by atoms with Crippen LogP contribution in [0.2, 0.25) is 7.85 Å². The topological polar surface area (TPSA) is 61.9 Å². The fraction of sp³-hybridized carbons (Fsp3) is 0.680. The second-order valence-electron chi connectivity index (χ2n) is 10.6. The van der Waals surface area contributed by atoms with Gasteiger partial charge in [-0.25, -0.2) is 0 Å². The van der Waals surface area contributed by atoms with Crippen LogP contribution in [0.4, 0.5) is 4.79 Å². The maximum atomic E-state index is 13.4. The van der Waals surface area contributed by atoms with E-state index in [1.54, 1.807) is 0 Å². The molecule has 2 saturated heterocycles. The SMILES string of the molecule is Cc1cc(C)cc(C(C)NC(=O)[CH]2CCC[CH2][In]2[N]2CCN(C(=O)OC(C)(C)C)CC2)c1. The first-order valence-corrected chi connectivity index (χ1v) is 17.8. The van der Waals surface area contributed by atoms with E-state index in [1.165, 1.54) is 27.3 Å². The molecule has 7 heteroatoms. The molecular weight excluding hydrogens is 505 g/mol. The van der Waals surface area contributed by atoms with Gasteiger partial charge in [-0.1, -0.05) is 0 Å². The molecule has 2 atom stereocenters. The predicted octanol–water partition coefficient (Wildman–Crippen LogP) is 4.58. The molecule has 1 aromatic rings. The van der Waals surface area contributed by atoms with E-state index in [-0.39, 0.29) is 21.7 Å². The Bertz CT molecular complexity index is 795. The van der Waals surface area contributed by atoms with E-state index in [0.717, 1.165) is 25.9 Å². The molecule has 176 valence electrons. The Morgan fingerprint density at radius 3 is 2.28 bits per heavy atom. The molecule has 6 nitrogen and oxygen atoms in total. The molecule has 2 fully saturated rings. The first-order chi connectivity index (χ1) is 15.0. The van der Waals surface area contributed by atoms with E-state index in [4.69, 9.17) is 4.74 Å². The molecule has 2 amide bonds. The Hall–Kier alpha value is -1.21. The van der Waals surface area contributed by atoms with Crippen molar-refractivity contribution in [2.24, 2.45) is 0 Å². The molecule has 3 rings (SSSR count). The Morgan fingerprint density at radius 1 is 1.06 bits per heavy atom. The fourth-order valence-electron chi connectivity index (χ4n) is 5.08. The zero-order valence-corrected chi connectivity index (χ0v) is 24.0. The number of piperazine rings is 1. The van der Waals surface area contributed by atoms with E-state index in [0.29, 0.717) is 13.1 Å². The molecule has 1 N–H and O–H groups in total. The van der Waals surface area contributed by atoms with Crippen LogP contribution in [-0.4, -0.2) is 73.3 Å². The first-order valence-electron chi connectivity index (χ1n) is 12.1. The summed E-state index contributed by atoms with van der Waals surface area (Å²) in [5, 5.41) is 3.34. The number of nitrogens with one attached hydrogen (secondary N) is 1. The van der Waals surface area contributed by atoms with Gasteiger partial charge in [0.1, 0.15) is 0 Å². The summed E-state index contributed by atoms with van der Waals surface area (Å²) >= 11 is -2.26. The normalized spacial score (nSPS) is 21.2. The van der Waals surface area contributed by atoms with Crippen molar-refractivity contribution in [3.63, 3.8) is 0 Å². The van der Waals surface area contributed by atoms with Crippen molar-refractivity contribution in [1.29, 1.82) is 0 Å². The van der Waals surface area contributed by atoms with Crippen LogP contribution in [0.3, 0.4) is 0 Å². The molecule has 2 heterocycles. The number of hydrogen-bond donors (Lipinski definition) is 1. The molecule has 2 aliphatic rings. The zero-order chi connectivity index (χ0) is 23.5. The van der Waals surface area contributed by atoms with E-state index in [1.807, 2.05) is 25.7 Å². The fourth-order valence-corrected chi connectivity index (χ4v) is 16.3. The number of aryl methyl sites for hydroxylation is 2. The third-order valence-corrected chi connectivity index (χ3v) is 18.1. The maximum absolute atomic E-state index is 13.4. The van der Waals surface area contributed by atoms with Gasteiger partial charge in [0.25, 0.3) is 0 Å². The van der Waals surface area contributed by atoms with Gasteiger partial charge in [-0.2, -0.15) is 0 Å². The van der Waals surface area contributed by atoms with E-state index >= 15 is 0 Å². The molecular formula is C25H40InN3O3. The van der Waals surface area contributed by atoms with E-state index < -0.39 is 27.3 Å². The Morgan fingerprint density at radius 2 is 1.69 bits per heavy atom. The second kappa shape index (κ2) is 10.8. The Kier molecular flexibility index (Phi) is 8.59. The standard InChI is InChI=1S/C16H23NO.C9H17N2O2.In/c1-5-6-7-8-16(18)17-14(4)15-10-12(2)9-13(3)11-15;1-9(2,3)13-8(12)11-6-4-10-5-7-11;/h8-11,14H,1,5-7H2,2-4H3,(H,17,18);4-7H2,1-3H3;/q;-1;+1. The van der Waals surface area contributed by atoms with Gasteiger partial charge in [-0.05, 0) is 0 Å². The van der Waals surface area contributed by atoms with Gasteiger partial charge >= 0.3 is 203 Å².